The van der Waals surface area contributed by atoms with Gasteiger partial charge in [0.1, 0.15) is 0 Å². The molecule has 3 aromatic rings. The highest BCUT2D eigenvalue weighted by Crippen LogP contribution is 2.20. The average molecular weight is 242 g/mol. The normalized spacial score (nSPS) is 10.9. The molecular weight excluding hydrogens is 232 g/mol. The van der Waals surface area contributed by atoms with Crippen molar-refractivity contribution in [2.75, 3.05) is 6.26 Å². The zero-order chi connectivity index (χ0) is 11.7. The number of fused-ring (bicyclic) bond motifs is 1. The summed E-state index contributed by atoms with van der Waals surface area (Å²) in [6, 6.07) is 14.4. The van der Waals surface area contributed by atoms with Gasteiger partial charge in [-0.25, -0.2) is 0 Å². The molecule has 4 nitrogen and oxygen atoms in total. The van der Waals surface area contributed by atoms with Gasteiger partial charge in [-0.2, -0.15) is 4.68 Å². The van der Waals surface area contributed by atoms with Crippen LogP contribution < -0.4 is 0 Å². The van der Waals surface area contributed by atoms with E-state index in [-0.39, 0.29) is 0 Å². The van der Waals surface area contributed by atoms with Gasteiger partial charge in [0.15, 0.2) is 0 Å². The van der Waals surface area contributed by atoms with E-state index in [0.29, 0.717) is 0 Å². The van der Waals surface area contributed by atoms with Crippen LogP contribution in [0.4, 0.5) is 0 Å². The fraction of sp³-hybridized carbons (Fsp3) is 0.0833. The molecule has 0 saturated heterocycles. The van der Waals surface area contributed by atoms with E-state index in [1.54, 1.807) is 4.68 Å². The Balaban J connectivity index is 2.18. The van der Waals surface area contributed by atoms with Gasteiger partial charge in [0, 0.05) is 0 Å². The summed E-state index contributed by atoms with van der Waals surface area (Å²) in [4.78, 5) is 0. The van der Waals surface area contributed by atoms with Crippen molar-refractivity contribution >= 4 is 22.5 Å². The Morgan fingerprint density at radius 2 is 1.88 bits per heavy atom. The van der Waals surface area contributed by atoms with Crippen molar-refractivity contribution in [2.45, 2.75) is 5.16 Å². The molecule has 1 aromatic heterocycles. The fourth-order valence-electron chi connectivity index (χ4n) is 1.78. The van der Waals surface area contributed by atoms with Crippen LogP contribution in [0.1, 0.15) is 0 Å². The lowest BCUT2D eigenvalue weighted by molar-refractivity contribution is 0.758. The van der Waals surface area contributed by atoms with Gasteiger partial charge < -0.3 is 0 Å². The smallest absolute Gasteiger partial charge is 0.187 e. The number of hydrogen-bond donors (Lipinski definition) is 0. The molecule has 0 aliphatic rings. The number of nitrogens with zero attached hydrogens (tertiary/aromatic N) is 4. The van der Waals surface area contributed by atoms with Crippen LogP contribution in [-0.4, -0.2) is 26.5 Å². The molecule has 0 spiro atoms. The predicted octanol–water partition coefficient (Wildman–Crippen LogP) is 2.54. The zero-order valence-corrected chi connectivity index (χ0v) is 10.1. The van der Waals surface area contributed by atoms with Crippen molar-refractivity contribution in [3.8, 4) is 5.69 Å². The number of tetrazole rings is 1. The fourth-order valence-corrected chi connectivity index (χ4v) is 2.21. The van der Waals surface area contributed by atoms with Crippen LogP contribution in [0, 0.1) is 0 Å². The van der Waals surface area contributed by atoms with Crippen molar-refractivity contribution in [1.29, 1.82) is 0 Å². The van der Waals surface area contributed by atoms with Gasteiger partial charge in [-0.05, 0) is 39.6 Å². The Morgan fingerprint density at radius 1 is 1.06 bits per heavy atom. The molecule has 0 aliphatic heterocycles. The summed E-state index contributed by atoms with van der Waals surface area (Å²) in [5.41, 5.74) is 0.984. The monoisotopic (exact) mass is 242 g/mol. The minimum atomic E-state index is 0.792. The molecule has 0 saturated carbocycles. The second-order valence-corrected chi connectivity index (χ2v) is 4.38. The molecule has 0 bridgehead atoms. The molecular formula is C12H10N4S. The summed E-state index contributed by atoms with van der Waals surface area (Å²) in [6.45, 7) is 0. The molecule has 0 fully saturated rings. The number of hydrogen-bond acceptors (Lipinski definition) is 4. The summed E-state index contributed by atoms with van der Waals surface area (Å²) in [7, 11) is 0. The molecule has 0 aliphatic carbocycles. The molecule has 2 aromatic carbocycles. The Hall–Kier alpha value is -1.88. The van der Waals surface area contributed by atoms with Gasteiger partial charge in [-0.15, -0.1) is 5.10 Å². The maximum atomic E-state index is 4.00. The Labute approximate surface area is 103 Å². The number of rotatable bonds is 2. The molecule has 0 radical (unpaired) electrons. The Morgan fingerprint density at radius 3 is 2.71 bits per heavy atom. The first-order valence-corrected chi connectivity index (χ1v) is 6.42. The minimum Gasteiger partial charge on any atom is -0.187 e. The van der Waals surface area contributed by atoms with E-state index in [9.17, 15) is 0 Å². The highest BCUT2D eigenvalue weighted by Gasteiger charge is 2.06. The zero-order valence-electron chi connectivity index (χ0n) is 9.24. The molecule has 1 heterocycles. The lowest BCUT2D eigenvalue weighted by Crippen LogP contribution is -1.98. The second-order valence-electron chi connectivity index (χ2n) is 3.61. The van der Waals surface area contributed by atoms with E-state index in [2.05, 4.69) is 39.8 Å². The van der Waals surface area contributed by atoms with Gasteiger partial charge in [0.05, 0.1) is 5.69 Å². The third-order valence-electron chi connectivity index (χ3n) is 2.60. The van der Waals surface area contributed by atoms with Crippen molar-refractivity contribution in [1.82, 2.24) is 20.2 Å². The summed E-state index contributed by atoms with van der Waals surface area (Å²) in [5, 5.41) is 14.8. The van der Waals surface area contributed by atoms with Gasteiger partial charge in [0.2, 0.25) is 5.16 Å². The molecule has 0 N–H and O–H groups in total. The van der Waals surface area contributed by atoms with Gasteiger partial charge in [0.25, 0.3) is 0 Å². The number of thioether (sulfide) groups is 1. The summed E-state index contributed by atoms with van der Waals surface area (Å²) in [6.07, 6.45) is 1.96. The van der Waals surface area contributed by atoms with Gasteiger partial charge in [-0.1, -0.05) is 42.1 Å². The topological polar surface area (TPSA) is 43.6 Å². The first kappa shape index (κ1) is 10.3. The standard InChI is InChI=1S/C12H10N4S/c1-17-12-13-14-15-16(12)11-7-6-9-4-2-3-5-10(9)8-11/h2-8H,1H3. The largest absolute Gasteiger partial charge is 0.213 e. The summed E-state index contributed by atoms with van der Waals surface area (Å²) in [5.74, 6) is 0. The summed E-state index contributed by atoms with van der Waals surface area (Å²) >= 11 is 1.53. The Kier molecular flexibility index (Phi) is 2.53. The van der Waals surface area contributed by atoms with Crippen LogP contribution in [-0.2, 0) is 0 Å². The molecule has 0 atom stereocenters. The molecule has 17 heavy (non-hydrogen) atoms. The van der Waals surface area contributed by atoms with E-state index in [0.717, 1.165) is 10.8 Å². The minimum absolute atomic E-state index is 0.792. The SMILES string of the molecule is CSc1nnnn1-c1ccc2ccccc2c1. The number of aromatic nitrogens is 4. The van der Waals surface area contributed by atoms with E-state index in [4.69, 9.17) is 0 Å². The van der Waals surface area contributed by atoms with Crippen molar-refractivity contribution in [3.05, 3.63) is 42.5 Å². The molecule has 3 rings (SSSR count). The van der Waals surface area contributed by atoms with Crippen LogP contribution >= 0.6 is 11.8 Å². The van der Waals surface area contributed by atoms with Crippen LogP contribution in [0.3, 0.4) is 0 Å². The van der Waals surface area contributed by atoms with Gasteiger partial charge >= 0.3 is 0 Å². The quantitative estimate of drug-likeness (QED) is 0.648. The molecule has 84 valence electrons. The van der Waals surface area contributed by atoms with E-state index < -0.39 is 0 Å². The highest BCUT2D eigenvalue weighted by atomic mass is 32.2. The van der Waals surface area contributed by atoms with E-state index in [1.165, 1.54) is 22.5 Å². The van der Waals surface area contributed by atoms with Gasteiger partial charge in [-0.3, -0.25) is 0 Å². The van der Waals surface area contributed by atoms with Crippen LogP contribution in [0.5, 0.6) is 0 Å². The molecule has 0 amide bonds. The third-order valence-corrected chi connectivity index (χ3v) is 3.22. The van der Waals surface area contributed by atoms with Crippen molar-refractivity contribution in [3.63, 3.8) is 0 Å². The van der Waals surface area contributed by atoms with Crippen molar-refractivity contribution in [2.24, 2.45) is 0 Å². The Bertz CT molecular complexity index is 662. The first-order valence-electron chi connectivity index (χ1n) is 5.20. The second kappa shape index (κ2) is 4.18. The maximum absolute atomic E-state index is 4.00. The highest BCUT2D eigenvalue weighted by molar-refractivity contribution is 7.98. The average Bonchev–Trinajstić information content (AvgIpc) is 2.86. The van der Waals surface area contributed by atoms with Crippen molar-refractivity contribution < 1.29 is 0 Å². The predicted molar refractivity (Wildman–Crippen MR) is 68.4 cm³/mol. The molecule has 0 unspecified atom stereocenters. The maximum Gasteiger partial charge on any atom is 0.213 e. The first-order chi connectivity index (χ1) is 8.38. The van der Waals surface area contributed by atoms with Crippen LogP contribution in [0.15, 0.2) is 47.6 Å². The molecule has 5 heteroatoms. The lowest BCUT2D eigenvalue weighted by atomic mass is 10.1. The van der Waals surface area contributed by atoms with E-state index >= 15 is 0 Å². The third kappa shape index (κ3) is 1.78. The van der Waals surface area contributed by atoms with Crippen LogP contribution in [0.2, 0.25) is 0 Å². The summed E-state index contributed by atoms with van der Waals surface area (Å²) < 4.78 is 1.75. The van der Waals surface area contributed by atoms with Crippen LogP contribution in [0.25, 0.3) is 16.5 Å². The lowest BCUT2D eigenvalue weighted by Gasteiger charge is -2.04. The van der Waals surface area contributed by atoms with E-state index in [1.807, 2.05) is 24.5 Å². The number of benzene rings is 2.